The summed E-state index contributed by atoms with van der Waals surface area (Å²) in [7, 11) is 0. The Morgan fingerprint density at radius 2 is 0.745 bits per heavy atom. The van der Waals surface area contributed by atoms with Gasteiger partial charge in [0.25, 0.3) is 0 Å². The minimum atomic E-state index is 0.579. The molecule has 0 fully saturated rings. The summed E-state index contributed by atoms with van der Waals surface area (Å²) in [6, 6.07) is 63.4. The second-order valence-corrected chi connectivity index (χ2v) is 13.3. The molecule has 0 spiro atoms. The minimum absolute atomic E-state index is 0.579. The van der Waals surface area contributed by atoms with Crippen molar-refractivity contribution in [3.8, 4) is 79.2 Å². The van der Waals surface area contributed by atoms with E-state index in [4.69, 9.17) is 29.3 Å². The monoisotopic (exact) mass is 705 g/mol. The lowest BCUT2D eigenvalue weighted by Gasteiger charge is -2.10. The zero-order valence-corrected chi connectivity index (χ0v) is 29.5. The van der Waals surface area contributed by atoms with E-state index in [0.717, 1.165) is 77.8 Å². The first-order chi connectivity index (χ1) is 27.2. The lowest BCUT2D eigenvalue weighted by Crippen LogP contribution is -2.00. The maximum absolute atomic E-state index is 6.73. The van der Waals surface area contributed by atoms with Crippen LogP contribution in [-0.4, -0.2) is 24.9 Å². The molecule has 3 aromatic heterocycles. The van der Waals surface area contributed by atoms with Crippen LogP contribution >= 0.6 is 0 Å². The molecule has 0 N–H and O–H groups in total. The number of para-hydroxylation sites is 1. The van der Waals surface area contributed by atoms with E-state index < -0.39 is 0 Å². The van der Waals surface area contributed by atoms with Gasteiger partial charge in [-0.3, -0.25) is 0 Å². The van der Waals surface area contributed by atoms with Crippen LogP contribution in [0.2, 0.25) is 0 Å². The van der Waals surface area contributed by atoms with Crippen molar-refractivity contribution in [1.29, 1.82) is 0 Å². The van der Waals surface area contributed by atoms with E-state index in [-0.39, 0.29) is 0 Å². The highest BCUT2D eigenvalue weighted by Crippen LogP contribution is 2.38. The molecule has 6 nitrogen and oxygen atoms in total. The maximum atomic E-state index is 6.73. The summed E-state index contributed by atoms with van der Waals surface area (Å²) in [5.74, 6) is 2.47. The Labute approximate surface area is 317 Å². The molecule has 0 saturated heterocycles. The number of aromatic nitrogens is 5. The van der Waals surface area contributed by atoms with Crippen LogP contribution in [-0.2, 0) is 0 Å². The lowest BCUT2D eigenvalue weighted by atomic mass is 9.99. The largest absolute Gasteiger partial charge is 0.455 e. The average molecular weight is 706 g/mol. The predicted octanol–water partition coefficient (Wildman–Crippen LogP) is 12.2. The van der Waals surface area contributed by atoms with Gasteiger partial charge < -0.3 is 4.42 Å². The van der Waals surface area contributed by atoms with Crippen LogP contribution < -0.4 is 0 Å². The van der Waals surface area contributed by atoms with Crippen LogP contribution in [0.5, 0.6) is 0 Å². The molecule has 0 atom stereocenters. The summed E-state index contributed by atoms with van der Waals surface area (Å²) < 4.78 is 6.73. The van der Waals surface area contributed by atoms with Crippen molar-refractivity contribution in [2.75, 3.05) is 0 Å². The molecule has 7 aromatic carbocycles. The van der Waals surface area contributed by atoms with E-state index in [1.807, 2.05) is 103 Å². The van der Waals surface area contributed by atoms with Gasteiger partial charge in [0.15, 0.2) is 23.3 Å². The maximum Gasteiger partial charge on any atom is 0.164 e. The van der Waals surface area contributed by atoms with Crippen LogP contribution in [0.3, 0.4) is 0 Å². The molecule has 258 valence electrons. The summed E-state index contributed by atoms with van der Waals surface area (Å²) in [5.41, 5.74) is 11.0. The Kier molecular flexibility index (Phi) is 8.04. The van der Waals surface area contributed by atoms with Crippen LogP contribution in [0, 0.1) is 0 Å². The normalized spacial score (nSPS) is 11.3. The summed E-state index contributed by atoms with van der Waals surface area (Å²) >= 11 is 0. The Bertz CT molecular complexity index is 2850. The average Bonchev–Trinajstić information content (AvgIpc) is 3.66. The number of fused-ring (bicyclic) bond motifs is 3. The molecule has 10 rings (SSSR count). The van der Waals surface area contributed by atoms with E-state index >= 15 is 0 Å². The lowest BCUT2D eigenvalue weighted by molar-refractivity contribution is 0.670. The van der Waals surface area contributed by atoms with Gasteiger partial charge in [-0.05, 0) is 29.8 Å². The van der Waals surface area contributed by atoms with Gasteiger partial charge in [0, 0.05) is 49.7 Å². The van der Waals surface area contributed by atoms with Gasteiger partial charge in [-0.25, -0.2) is 24.9 Å². The standard InChI is InChI=1S/C49H31N5O/c1-5-15-32(16-6-1)42-31-43(33-17-7-2-8-18-33)51-48(50-42)37-24-13-23-36(29-37)39-25-14-26-41-40-28-27-38(30-44(40)55-45(39)41)49-53-46(34-19-9-3-10-20-34)52-47(54-49)35-21-11-4-12-22-35/h1-31H. The van der Waals surface area contributed by atoms with Crippen LogP contribution in [0.1, 0.15) is 0 Å². The molecule has 0 radical (unpaired) electrons. The van der Waals surface area contributed by atoms with E-state index in [0.29, 0.717) is 23.3 Å². The molecule has 55 heavy (non-hydrogen) atoms. The smallest absolute Gasteiger partial charge is 0.164 e. The fourth-order valence-electron chi connectivity index (χ4n) is 7.02. The molecule has 0 saturated carbocycles. The number of furan rings is 1. The summed E-state index contributed by atoms with van der Waals surface area (Å²) in [4.78, 5) is 24.9. The first-order valence-electron chi connectivity index (χ1n) is 18.2. The van der Waals surface area contributed by atoms with Gasteiger partial charge in [0.1, 0.15) is 11.2 Å². The molecular weight excluding hydrogens is 675 g/mol. The van der Waals surface area contributed by atoms with E-state index in [1.165, 1.54) is 0 Å². The third-order valence-corrected chi connectivity index (χ3v) is 9.75. The van der Waals surface area contributed by atoms with E-state index in [1.54, 1.807) is 0 Å². The van der Waals surface area contributed by atoms with E-state index in [9.17, 15) is 0 Å². The number of benzene rings is 7. The van der Waals surface area contributed by atoms with Crippen molar-refractivity contribution < 1.29 is 4.42 Å². The molecule has 0 bridgehead atoms. The fraction of sp³-hybridized carbons (Fsp3) is 0. The molecule has 0 aliphatic rings. The molecule has 0 aliphatic carbocycles. The fourth-order valence-corrected chi connectivity index (χ4v) is 7.02. The van der Waals surface area contributed by atoms with Gasteiger partial charge in [0.05, 0.1) is 11.4 Å². The third kappa shape index (κ3) is 6.22. The van der Waals surface area contributed by atoms with Crippen molar-refractivity contribution in [2.24, 2.45) is 0 Å². The SMILES string of the molecule is c1ccc(-c2cc(-c3ccccc3)nc(-c3cccc(-c4cccc5c4oc4cc(-c6nc(-c7ccccc7)nc(-c7ccccc7)n6)ccc45)c3)n2)cc1. The second kappa shape index (κ2) is 13.8. The van der Waals surface area contributed by atoms with Crippen LogP contribution in [0.4, 0.5) is 0 Å². The summed E-state index contributed by atoms with van der Waals surface area (Å²) in [6.07, 6.45) is 0. The van der Waals surface area contributed by atoms with Gasteiger partial charge in [-0.15, -0.1) is 0 Å². The highest BCUT2D eigenvalue weighted by molar-refractivity contribution is 6.10. The Morgan fingerprint density at radius 3 is 1.33 bits per heavy atom. The molecule has 0 unspecified atom stereocenters. The van der Waals surface area contributed by atoms with Gasteiger partial charge in [0.2, 0.25) is 0 Å². The molecule has 6 heteroatoms. The number of nitrogens with zero attached hydrogens (tertiary/aromatic N) is 5. The van der Waals surface area contributed by atoms with Crippen molar-refractivity contribution in [3.05, 3.63) is 188 Å². The van der Waals surface area contributed by atoms with Crippen LogP contribution in [0.25, 0.3) is 101 Å². The highest BCUT2D eigenvalue weighted by atomic mass is 16.3. The zero-order chi connectivity index (χ0) is 36.6. The first kappa shape index (κ1) is 32.1. The number of rotatable bonds is 7. The first-order valence-corrected chi connectivity index (χ1v) is 18.2. The van der Waals surface area contributed by atoms with Crippen molar-refractivity contribution in [3.63, 3.8) is 0 Å². The molecule has 0 aliphatic heterocycles. The second-order valence-electron chi connectivity index (χ2n) is 13.3. The van der Waals surface area contributed by atoms with E-state index in [2.05, 4.69) is 84.9 Å². The molecular formula is C49H31N5O. The van der Waals surface area contributed by atoms with Gasteiger partial charge in [-0.2, -0.15) is 0 Å². The molecule has 10 aromatic rings. The summed E-state index contributed by atoms with van der Waals surface area (Å²) in [6.45, 7) is 0. The van der Waals surface area contributed by atoms with Gasteiger partial charge in [-0.1, -0.05) is 164 Å². The number of hydrogen-bond acceptors (Lipinski definition) is 6. The quantitative estimate of drug-likeness (QED) is 0.164. The molecule has 3 heterocycles. The van der Waals surface area contributed by atoms with Crippen molar-refractivity contribution in [2.45, 2.75) is 0 Å². The van der Waals surface area contributed by atoms with Crippen LogP contribution in [0.15, 0.2) is 192 Å². The van der Waals surface area contributed by atoms with Crippen molar-refractivity contribution in [1.82, 2.24) is 24.9 Å². The number of hydrogen-bond donors (Lipinski definition) is 0. The minimum Gasteiger partial charge on any atom is -0.455 e. The topological polar surface area (TPSA) is 77.6 Å². The Morgan fingerprint density at radius 1 is 0.291 bits per heavy atom. The predicted molar refractivity (Wildman–Crippen MR) is 221 cm³/mol. The highest BCUT2D eigenvalue weighted by Gasteiger charge is 2.17. The Hall–Kier alpha value is -7.57. The zero-order valence-electron chi connectivity index (χ0n) is 29.5. The molecule has 0 amide bonds. The van der Waals surface area contributed by atoms with Gasteiger partial charge >= 0.3 is 0 Å². The Balaban J connectivity index is 1.07. The summed E-state index contributed by atoms with van der Waals surface area (Å²) in [5, 5.41) is 2.05. The third-order valence-electron chi connectivity index (χ3n) is 9.75. The van der Waals surface area contributed by atoms with Crippen molar-refractivity contribution >= 4 is 21.9 Å².